The molecule has 2 aromatic carbocycles. The van der Waals surface area contributed by atoms with Crippen LogP contribution in [0.5, 0.6) is 0 Å². The maximum absolute atomic E-state index is 5.88. The SMILES string of the molecule is Clc1ccc(-c2nnc(SCc3coc(-c4ccccc4)n3)o2)cc1. The number of hydrogen-bond donors (Lipinski definition) is 0. The van der Waals surface area contributed by atoms with E-state index in [9.17, 15) is 0 Å². The molecule has 124 valence electrons. The first-order chi connectivity index (χ1) is 12.3. The normalized spacial score (nSPS) is 10.9. The second-order valence-corrected chi connectivity index (χ2v) is 6.54. The van der Waals surface area contributed by atoms with Crippen molar-refractivity contribution in [2.75, 3.05) is 0 Å². The summed E-state index contributed by atoms with van der Waals surface area (Å²) in [7, 11) is 0. The summed E-state index contributed by atoms with van der Waals surface area (Å²) in [6.07, 6.45) is 1.64. The second-order valence-electron chi connectivity index (χ2n) is 5.18. The Bertz CT molecular complexity index is 967. The molecule has 7 heteroatoms. The maximum Gasteiger partial charge on any atom is 0.277 e. The van der Waals surface area contributed by atoms with Crippen LogP contribution in [0.15, 0.2) is 74.9 Å². The van der Waals surface area contributed by atoms with Crippen molar-refractivity contribution in [2.24, 2.45) is 0 Å². The molecule has 2 aromatic heterocycles. The van der Waals surface area contributed by atoms with E-state index in [4.69, 9.17) is 20.4 Å². The van der Waals surface area contributed by atoms with Gasteiger partial charge in [-0.2, -0.15) is 0 Å². The summed E-state index contributed by atoms with van der Waals surface area (Å²) in [6, 6.07) is 17.0. The minimum atomic E-state index is 0.462. The molecule has 0 N–H and O–H groups in total. The molecule has 0 aliphatic carbocycles. The summed E-state index contributed by atoms with van der Waals surface area (Å²) in [6.45, 7) is 0. The Kier molecular flexibility index (Phi) is 4.54. The molecule has 25 heavy (non-hydrogen) atoms. The average Bonchev–Trinajstić information content (AvgIpc) is 3.31. The summed E-state index contributed by atoms with van der Waals surface area (Å²) < 4.78 is 11.2. The van der Waals surface area contributed by atoms with Crippen molar-refractivity contribution < 1.29 is 8.83 Å². The van der Waals surface area contributed by atoms with Crippen molar-refractivity contribution in [2.45, 2.75) is 11.0 Å². The van der Waals surface area contributed by atoms with Gasteiger partial charge < -0.3 is 8.83 Å². The Morgan fingerprint density at radius 2 is 1.64 bits per heavy atom. The molecule has 0 amide bonds. The van der Waals surface area contributed by atoms with Gasteiger partial charge in [0, 0.05) is 21.9 Å². The van der Waals surface area contributed by atoms with Gasteiger partial charge in [-0.25, -0.2) is 4.98 Å². The fourth-order valence-electron chi connectivity index (χ4n) is 2.20. The van der Waals surface area contributed by atoms with E-state index in [0.717, 1.165) is 16.8 Å². The van der Waals surface area contributed by atoms with Crippen molar-refractivity contribution in [1.29, 1.82) is 0 Å². The Morgan fingerprint density at radius 3 is 2.44 bits per heavy atom. The second kappa shape index (κ2) is 7.13. The van der Waals surface area contributed by atoms with Gasteiger partial charge in [-0.3, -0.25) is 0 Å². The largest absolute Gasteiger partial charge is 0.444 e. The lowest BCUT2D eigenvalue weighted by molar-refractivity contribution is 0.466. The molecule has 0 spiro atoms. The molecule has 0 aliphatic heterocycles. The van der Waals surface area contributed by atoms with Gasteiger partial charge in [0.1, 0.15) is 6.26 Å². The number of nitrogens with zero attached hydrogens (tertiary/aromatic N) is 3. The zero-order valence-electron chi connectivity index (χ0n) is 12.9. The Hall–Kier alpha value is -2.57. The third-order valence-electron chi connectivity index (χ3n) is 3.41. The Morgan fingerprint density at radius 1 is 0.880 bits per heavy atom. The highest BCUT2D eigenvalue weighted by Crippen LogP contribution is 2.27. The molecule has 0 saturated carbocycles. The van der Waals surface area contributed by atoms with Crippen LogP contribution >= 0.6 is 23.4 Å². The molecule has 0 unspecified atom stereocenters. The topological polar surface area (TPSA) is 65.0 Å². The number of thioether (sulfide) groups is 1. The van der Waals surface area contributed by atoms with Crippen LogP contribution in [-0.2, 0) is 5.75 Å². The summed E-state index contributed by atoms with van der Waals surface area (Å²) >= 11 is 7.29. The number of halogens is 1. The van der Waals surface area contributed by atoms with Crippen LogP contribution < -0.4 is 0 Å². The van der Waals surface area contributed by atoms with Crippen LogP contribution in [0.1, 0.15) is 5.69 Å². The fourth-order valence-corrected chi connectivity index (χ4v) is 2.97. The highest BCUT2D eigenvalue weighted by atomic mass is 35.5. The smallest absolute Gasteiger partial charge is 0.277 e. The first kappa shape index (κ1) is 15.9. The summed E-state index contributed by atoms with van der Waals surface area (Å²) in [5.74, 6) is 1.64. The van der Waals surface area contributed by atoms with E-state index in [1.54, 1.807) is 18.4 Å². The standard InChI is InChI=1S/C18H12ClN3O2S/c19-14-8-6-13(7-9-14)17-21-22-18(24-17)25-11-15-10-23-16(20-15)12-4-2-1-3-5-12/h1-10H,11H2. The van der Waals surface area contributed by atoms with Crippen molar-refractivity contribution >= 4 is 23.4 Å². The van der Waals surface area contributed by atoms with Crippen LogP contribution in [-0.4, -0.2) is 15.2 Å². The minimum Gasteiger partial charge on any atom is -0.444 e. The monoisotopic (exact) mass is 369 g/mol. The van der Waals surface area contributed by atoms with Crippen molar-refractivity contribution in [1.82, 2.24) is 15.2 Å². The lowest BCUT2D eigenvalue weighted by Gasteiger charge is -1.94. The van der Waals surface area contributed by atoms with Gasteiger partial charge in [-0.05, 0) is 36.4 Å². The molecule has 2 heterocycles. The Labute approximate surface area is 153 Å². The van der Waals surface area contributed by atoms with Crippen molar-refractivity contribution in [3.63, 3.8) is 0 Å². The van der Waals surface area contributed by atoms with E-state index in [1.165, 1.54) is 11.8 Å². The predicted octanol–water partition coefficient (Wildman–Crippen LogP) is 5.34. The summed E-state index contributed by atoms with van der Waals surface area (Å²) in [5.41, 5.74) is 2.59. The number of oxazole rings is 1. The van der Waals surface area contributed by atoms with Gasteiger partial charge in [0.15, 0.2) is 0 Å². The lowest BCUT2D eigenvalue weighted by atomic mass is 10.2. The molecule has 0 radical (unpaired) electrons. The lowest BCUT2D eigenvalue weighted by Crippen LogP contribution is -1.82. The molecule has 0 atom stereocenters. The van der Waals surface area contributed by atoms with E-state index in [-0.39, 0.29) is 0 Å². The van der Waals surface area contributed by atoms with E-state index < -0.39 is 0 Å². The number of aromatic nitrogens is 3. The van der Waals surface area contributed by atoms with E-state index in [0.29, 0.717) is 27.8 Å². The van der Waals surface area contributed by atoms with Gasteiger partial charge in [0.05, 0.1) is 5.69 Å². The first-order valence-electron chi connectivity index (χ1n) is 7.50. The zero-order valence-corrected chi connectivity index (χ0v) is 14.5. The van der Waals surface area contributed by atoms with Gasteiger partial charge in [0.25, 0.3) is 5.22 Å². The predicted molar refractivity (Wildman–Crippen MR) is 96.2 cm³/mol. The van der Waals surface area contributed by atoms with Crippen LogP contribution in [0.25, 0.3) is 22.9 Å². The molecule has 0 fully saturated rings. The maximum atomic E-state index is 5.88. The molecule has 4 aromatic rings. The molecule has 5 nitrogen and oxygen atoms in total. The third kappa shape index (κ3) is 3.75. The Balaban J connectivity index is 1.42. The molecule has 0 aliphatic rings. The molecular weight excluding hydrogens is 358 g/mol. The highest BCUT2D eigenvalue weighted by Gasteiger charge is 2.11. The summed E-state index contributed by atoms with van der Waals surface area (Å²) in [5, 5.41) is 9.25. The van der Waals surface area contributed by atoms with Crippen LogP contribution in [0.3, 0.4) is 0 Å². The van der Waals surface area contributed by atoms with E-state index in [2.05, 4.69) is 15.2 Å². The van der Waals surface area contributed by atoms with Crippen molar-refractivity contribution in [3.8, 4) is 22.9 Å². The summed E-state index contributed by atoms with van der Waals surface area (Å²) in [4.78, 5) is 4.48. The van der Waals surface area contributed by atoms with Crippen LogP contribution in [0, 0.1) is 0 Å². The van der Waals surface area contributed by atoms with Gasteiger partial charge in [0.2, 0.25) is 11.8 Å². The van der Waals surface area contributed by atoms with Crippen molar-refractivity contribution in [3.05, 3.63) is 71.6 Å². The number of benzene rings is 2. The third-order valence-corrected chi connectivity index (χ3v) is 4.52. The minimum absolute atomic E-state index is 0.462. The van der Waals surface area contributed by atoms with E-state index in [1.807, 2.05) is 42.5 Å². The molecule has 0 saturated heterocycles. The molecular formula is C18H12ClN3O2S. The quantitative estimate of drug-likeness (QED) is 0.442. The number of rotatable bonds is 5. The van der Waals surface area contributed by atoms with Gasteiger partial charge >= 0.3 is 0 Å². The molecule has 4 rings (SSSR count). The fraction of sp³-hybridized carbons (Fsp3) is 0.0556. The number of hydrogen-bond acceptors (Lipinski definition) is 6. The van der Waals surface area contributed by atoms with Crippen LogP contribution in [0.2, 0.25) is 5.02 Å². The van der Waals surface area contributed by atoms with Gasteiger partial charge in [-0.15, -0.1) is 10.2 Å². The average molecular weight is 370 g/mol. The van der Waals surface area contributed by atoms with Crippen LogP contribution in [0.4, 0.5) is 0 Å². The first-order valence-corrected chi connectivity index (χ1v) is 8.86. The van der Waals surface area contributed by atoms with E-state index >= 15 is 0 Å². The zero-order chi connectivity index (χ0) is 17.1. The highest BCUT2D eigenvalue weighted by molar-refractivity contribution is 7.98. The van der Waals surface area contributed by atoms with Gasteiger partial charge in [-0.1, -0.05) is 41.6 Å². The molecule has 0 bridgehead atoms.